The van der Waals surface area contributed by atoms with Gasteiger partial charge in [-0.05, 0) is 43.4 Å². The number of benzene rings is 1. The van der Waals surface area contributed by atoms with Crippen molar-refractivity contribution in [3.8, 4) is 11.5 Å². The van der Waals surface area contributed by atoms with E-state index in [1.807, 2.05) is 18.2 Å². The highest BCUT2D eigenvalue weighted by Crippen LogP contribution is 2.42. The van der Waals surface area contributed by atoms with E-state index in [2.05, 4.69) is 0 Å². The number of hydrogen-bond acceptors (Lipinski definition) is 3. The van der Waals surface area contributed by atoms with E-state index in [0.717, 1.165) is 29.9 Å². The van der Waals surface area contributed by atoms with E-state index in [4.69, 9.17) is 14.6 Å². The van der Waals surface area contributed by atoms with E-state index < -0.39 is 5.97 Å². The Balaban J connectivity index is 2.24. The predicted molar refractivity (Wildman–Crippen MR) is 67.3 cm³/mol. The summed E-state index contributed by atoms with van der Waals surface area (Å²) in [5, 5.41) is 9.05. The molecule has 0 radical (unpaired) electrons. The van der Waals surface area contributed by atoms with Crippen molar-refractivity contribution in [1.82, 2.24) is 0 Å². The van der Waals surface area contributed by atoms with E-state index >= 15 is 0 Å². The number of carboxylic acid groups (broad SMARTS) is 1. The lowest BCUT2D eigenvalue weighted by Gasteiger charge is -2.15. The first-order chi connectivity index (χ1) is 8.65. The second-order valence-electron chi connectivity index (χ2n) is 4.65. The highest BCUT2D eigenvalue weighted by atomic mass is 16.5. The molecule has 1 aliphatic carbocycles. The van der Waals surface area contributed by atoms with Crippen LogP contribution in [0.15, 0.2) is 18.2 Å². The topological polar surface area (TPSA) is 55.8 Å². The Morgan fingerprint density at radius 3 is 2.61 bits per heavy atom. The van der Waals surface area contributed by atoms with Gasteiger partial charge >= 0.3 is 5.97 Å². The van der Waals surface area contributed by atoms with E-state index in [-0.39, 0.29) is 11.8 Å². The summed E-state index contributed by atoms with van der Waals surface area (Å²) in [5.41, 5.74) is 1.06. The fourth-order valence-corrected chi connectivity index (χ4v) is 2.65. The minimum Gasteiger partial charge on any atom is -0.497 e. The maximum absolute atomic E-state index is 11.0. The largest absolute Gasteiger partial charge is 0.497 e. The number of ether oxygens (including phenoxy) is 2. The second kappa shape index (κ2) is 5.29. The Morgan fingerprint density at radius 2 is 2.06 bits per heavy atom. The molecule has 0 aromatic heterocycles. The predicted octanol–water partition coefficient (Wildman–Crippen LogP) is 2.67. The van der Waals surface area contributed by atoms with Crippen LogP contribution in [0.2, 0.25) is 0 Å². The van der Waals surface area contributed by atoms with Crippen molar-refractivity contribution >= 4 is 5.97 Å². The van der Waals surface area contributed by atoms with Gasteiger partial charge in [-0.3, -0.25) is 4.79 Å². The van der Waals surface area contributed by atoms with Gasteiger partial charge in [0.1, 0.15) is 11.5 Å². The highest BCUT2D eigenvalue weighted by Gasteiger charge is 2.32. The lowest BCUT2D eigenvalue weighted by molar-refractivity contribution is -0.141. The maximum Gasteiger partial charge on any atom is 0.306 e. The molecule has 1 aliphatic rings. The van der Waals surface area contributed by atoms with Crippen LogP contribution in [0, 0.1) is 5.92 Å². The Morgan fingerprint density at radius 1 is 1.28 bits per heavy atom. The Labute approximate surface area is 107 Å². The van der Waals surface area contributed by atoms with Crippen molar-refractivity contribution in [2.45, 2.75) is 25.2 Å². The van der Waals surface area contributed by atoms with Crippen LogP contribution in [-0.4, -0.2) is 25.3 Å². The zero-order valence-electron chi connectivity index (χ0n) is 10.7. The lowest BCUT2D eigenvalue weighted by atomic mass is 9.95. The van der Waals surface area contributed by atoms with Crippen molar-refractivity contribution in [2.75, 3.05) is 14.2 Å². The molecule has 1 saturated carbocycles. The molecule has 1 aromatic carbocycles. The molecular formula is C14H18O4. The Kier molecular flexibility index (Phi) is 3.75. The third-order valence-electron chi connectivity index (χ3n) is 3.66. The van der Waals surface area contributed by atoms with Crippen molar-refractivity contribution in [3.05, 3.63) is 23.8 Å². The first kappa shape index (κ1) is 12.7. The van der Waals surface area contributed by atoms with Crippen molar-refractivity contribution in [2.24, 2.45) is 5.92 Å². The van der Waals surface area contributed by atoms with Crippen molar-refractivity contribution in [3.63, 3.8) is 0 Å². The number of rotatable bonds is 4. The number of aliphatic carboxylic acids is 1. The molecule has 0 amide bonds. The highest BCUT2D eigenvalue weighted by molar-refractivity contribution is 5.70. The van der Waals surface area contributed by atoms with E-state index in [9.17, 15) is 4.79 Å². The maximum atomic E-state index is 11.0. The standard InChI is InChI=1S/C14H18O4/c1-17-11-5-6-13(18-2)12(8-11)9-3-4-10(7-9)14(15)16/h5-6,8-10H,3-4,7H2,1-2H3,(H,15,16). The summed E-state index contributed by atoms with van der Waals surface area (Å²) < 4.78 is 10.6. The quantitative estimate of drug-likeness (QED) is 0.892. The van der Waals surface area contributed by atoms with Crippen LogP contribution in [-0.2, 0) is 4.79 Å². The molecule has 0 spiro atoms. The average Bonchev–Trinajstić information content (AvgIpc) is 2.87. The fraction of sp³-hybridized carbons (Fsp3) is 0.500. The third kappa shape index (κ3) is 2.42. The van der Waals surface area contributed by atoms with Crippen LogP contribution in [0.4, 0.5) is 0 Å². The van der Waals surface area contributed by atoms with Crippen LogP contribution >= 0.6 is 0 Å². The molecular weight excluding hydrogens is 232 g/mol. The number of methoxy groups -OCH3 is 2. The first-order valence-corrected chi connectivity index (χ1v) is 6.10. The summed E-state index contributed by atoms with van der Waals surface area (Å²) in [6, 6.07) is 5.68. The van der Waals surface area contributed by atoms with Gasteiger partial charge < -0.3 is 14.6 Å². The van der Waals surface area contributed by atoms with Gasteiger partial charge in [0.2, 0.25) is 0 Å². The lowest BCUT2D eigenvalue weighted by Crippen LogP contribution is -2.09. The molecule has 98 valence electrons. The van der Waals surface area contributed by atoms with Gasteiger partial charge in [0.25, 0.3) is 0 Å². The molecule has 18 heavy (non-hydrogen) atoms. The van der Waals surface area contributed by atoms with E-state index in [1.54, 1.807) is 14.2 Å². The molecule has 0 saturated heterocycles. The molecule has 1 N–H and O–H groups in total. The summed E-state index contributed by atoms with van der Waals surface area (Å²) >= 11 is 0. The van der Waals surface area contributed by atoms with Crippen LogP contribution in [0.25, 0.3) is 0 Å². The first-order valence-electron chi connectivity index (χ1n) is 6.10. The second-order valence-corrected chi connectivity index (χ2v) is 4.65. The van der Waals surface area contributed by atoms with Gasteiger partial charge in [0.15, 0.2) is 0 Å². The van der Waals surface area contributed by atoms with Gasteiger partial charge in [0.05, 0.1) is 20.1 Å². The molecule has 0 heterocycles. The molecule has 0 aliphatic heterocycles. The Hall–Kier alpha value is -1.71. The normalized spacial score (nSPS) is 22.8. The molecule has 1 aromatic rings. The van der Waals surface area contributed by atoms with Crippen molar-refractivity contribution < 1.29 is 19.4 Å². The van der Waals surface area contributed by atoms with Crippen molar-refractivity contribution in [1.29, 1.82) is 0 Å². The molecule has 0 bridgehead atoms. The van der Waals surface area contributed by atoms with Gasteiger partial charge in [-0.25, -0.2) is 0 Å². The van der Waals surface area contributed by atoms with Gasteiger partial charge in [-0.2, -0.15) is 0 Å². The Bertz CT molecular complexity index is 441. The zero-order valence-corrected chi connectivity index (χ0v) is 10.7. The molecule has 2 atom stereocenters. The summed E-state index contributed by atoms with van der Waals surface area (Å²) in [4.78, 5) is 11.0. The van der Waals surface area contributed by atoms with Gasteiger partial charge in [-0.1, -0.05) is 0 Å². The number of carboxylic acids is 1. The van der Waals surface area contributed by atoms with E-state index in [0.29, 0.717) is 6.42 Å². The molecule has 1 fully saturated rings. The summed E-state index contributed by atoms with van der Waals surface area (Å²) in [5.74, 6) is 0.915. The summed E-state index contributed by atoms with van der Waals surface area (Å²) in [6.07, 6.45) is 2.31. The van der Waals surface area contributed by atoms with Crippen LogP contribution < -0.4 is 9.47 Å². The van der Waals surface area contributed by atoms with E-state index in [1.165, 1.54) is 0 Å². The zero-order chi connectivity index (χ0) is 13.1. The SMILES string of the molecule is COc1ccc(OC)c(C2CCC(C(=O)O)C2)c1. The minimum atomic E-state index is -0.695. The van der Waals surface area contributed by atoms with Crippen LogP contribution in [0.1, 0.15) is 30.7 Å². The molecule has 4 nitrogen and oxygen atoms in total. The van der Waals surface area contributed by atoms with Crippen LogP contribution in [0.3, 0.4) is 0 Å². The average molecular weight is 250 g/mol. The fourth-order valence-electron chi connectivity index (χ4n) is 2.65. The minimum absolute atomic E-state index is 0.231. The summed E-state index contributed by atoms with van der Waals surface area (Å²) in [6.45, 7) is 0. The number of carbonyl (C=O) groups is 1. The summed E-state index contributed by atoms with van der Waals surface area (Å²) in [7, 11) is 3.26. The molecule has 2 rings (SSSR count). The molecule has 4 heteroatoms. The third-order valence-corrected chi connectivity index (χ3v) is 3.66. The van der Waals surface area contributed by atoms with Crippen LogP contribution in [0.5, 0.6) is 11.5 Å². The van der Waals surface area contributed by atoms with Gasteiger partial charge in [0, 0.05) is 5.56 Å². The monoisotopic (exact) mass is 250 g/mol. The van der Waals surface area contributed by atoms with Gasteiger partial charge in [-0.15, -0.1) is 0 Å². The smallest absolute Gasteiger partial charge is 0.306 e. The molecule has 2 unspecified atom stereocenters. The number of hydrogen-bond donors (Lipinski definition) is 1.